The predicted molar refractivity (Wildman–Crippen MR) is 55.4 cm³/mol. The molecule has 0 amide bonds. The van der Waals surface area contributed by atoms with E-state index in [1.165, 1.54) is 0 Å². The smallest absolute Gasteiger partial charge is 0.0595 e. The second-order valence-electron chi connectivity index (χ2n) is 3.57. The predicted octanol–water partition coefficient (Wildman–Crippen LogP) is 2.57. The van der Waals surface area contributed by atoms with Crippen molar-refractivity contribution >= 4 is 5.71 Å². The van der Waals surface area contributed by atoms with E-state index in [0.717, 1.165) is 30.2 Å². The summed E-state index contributed by atoms with van der Waals surface area (Å²) < 4.78 is 0. The summed E-state index contributed by atoms with van der Waals surface area (Å²) in [5.41, 5.74) is 5.03. The monoisotopic (exact) mass is 168 g/mol. The van der Waals surface area contributed by atoms with Crippen LogP contribution in [0.15, 0.2) is 17.3 Å². The zero-order valence-electron chi connectivity index (χ0n) is 8.65. The minimum Gasteiger partial charge on any atom is -0.310 e. The van der Waals surface area contributed by atoms with Crippen molar-refractivity contribution in [1.82, 2.24) is 5.43 Å². The van der Waals surface area contributed by atoms with Gasteiger partial charge >= 0.3 is 0 Å². The van der Waals surface area contributed by atoms with E-state index >= 15 is 0 Å². The van der Waals surface area contributed by atoms with E-state index in [1.54, 1.807) is 0 Å². The normalized spacial score (nSPS) is 11.9. The number of nitrogens with zero attached hydrogens (tertiary/aromatic N) is 1. The van der Waals surface area contributed by atoms with Gasteiger partial charge in [-0.2, -0.15) is 5.10 Å². The molecule has 0 saturated heterocycles. The van der Waals surface area contributed by atoms with Gasteiger partial charge in [0.2, 0.25) is 0 Å². The first kappa shape index (κ1) is 11.2. The van der Waals surface area contributed by atoms with E-state index in [9.17, 15) is 0 Å². The quantitative estimate of drug-likeness (QED) is 0.381. The van der Waals surface area contributed by atoms with E-state index in [0.29, 0.717) is 0 Å². The molecule has 2 nitrogen and oxygen atoms in total. The van der Waals surface area contributed by atoms with Crippen LogP contribution in [0.2, 0.25) is 0 Å². The van der Waals surface area contributed by atoms with E-state index in [1.807, 2.05) is 13.8 Å². The average molecular weight is 168 g/mol. The highest BCUT2D eigenvalue weighted by atomic mass is 15.3. The van der Waals surface area contributed by atoms with Crippen molar-refractivity contribution in [1.29, 1.82) is 0 Å². The minimum atomic E-state index is 0.734. The number of hydrogen-bond acceptors (Lipinski definition) is 2. The maximum Gasteiger partial charge on any atom is 0.0595 e. The van der Waals surface area contributed by atoms with Crippen LogP contribution in [0.1, 0.15) is 34.1 Å². The number of rotatable bonds is 5. The molecule has 0 heterocycles. The Morgan fingerprint density at radius 3 is 2.42 bits per heavy atom. The summed E-state index contributed by atoms with van der Waals surface area (Å²) in [6.07, 6.45) is 1.16. The molecule has 0 unspecified atom stereocenters. The van der Waals surface area contributed by atoms with E-state index in [2.05, 4.69) is 31.0 Å². The lowest BCUT2D eigenvalue weighted by Crippen LogP contribution is -2.12. The lowest BCUT2D eigenvalue weighted by atomic mass is 10.1. The maximum absolute atomic E-state index is 4.16. The molecule has 0 aliphatic rings. The van der Waals surface area contributed by atoms with Gasteiger partial charge in [-0.1, -0.05) is 20.4 Å². The van der Waals surface area contributed by atoms with Crippen LogP contribution in [0.25, 0.3) is 0 Å². The standard InChI is InChI=1S/C10H20N2/c1-8(2)6-7-11-12-10(5)9(3)4/h8,11H,3,6-7H2,1-2,4-5H3. The Morgan fingerprint density at radius 2 is 2.00 bits per heavy atom. The van der Waals surface area contributed by atoms with Gasteiger partial charge in [0.1, 0.15) is 0 Å². The summed E-state index contributed by atoms with van der Waals surface area (Å²) in [4.78, 5) is 0. The molecule has 0 radical (unpaired) electrons. The molecule has 1 N–H and O–H groups in total. The van der Waals surface area contributed by atoms with Gasteiger partial charge in [-0.25, -0.2) is 0 Å². The van der Waals surface area contributed by atoms with E-state index < -0.39 is 0 Å². The molecule has 0 aromatic rings. The molecular weight excluding hydrogens is 148 g/mol. The molecule has 0 aliphatic carbocycles. The maximum atomic E-state index is 4.16. The Labute approximate surface area is 75.7 Å². The molecule has 0 fully saturated rings. The van der Waals surface area contributed by atoms with Gasteiger partial charge < -0.3 is 5.43 Å². The van der Waals surface area contributed by atoms with Crippen LogP contribution in [0, 0.1) is 5.92 Å². The number of hydrogen-bond donors (Lipinski definition) is 1. The van der Waals surface area contributed by atoms with Crippen molar-refractivity contribution < 1.29 is 0 Å². The zero-order valence-corrected chi connectivity index (χ0v) is 8.65. The molecule has 12 heavy (non-hydrogen) atoms. The van der Waals surface area contributed by atoms with Crippen molar-refractivity contribution in [3.05, 3.63) is 12.2 Å². The SMILES string of the molecule is C=C(C)C(C)=NNCCC(C)C. The highest BCUT2D eigenvalue weighted by Crippen LogP contribution is 1.96. The van der Waals surface area contributed by atoms with Crippen molar-refractivity contribution in [3.63, 3.8) is 0 Å². The first-order valence-corrected chi connectivity index (χ1v) is 4.47. The lowest BCUT2D eigenvalue weighted by molar-refractivity contribution is 0.548. The summed E-state index contributed by atoms with van der Waals surface area (Å²) in [5.74, 6) is 0.734. The molecule has 0 saturated carbocycles. The van der Waals surface area contributed by atoms with Crippen LogP contribution in [-0.4, -0.2) is 12.3 Å². The first-order valence-electron chi connectivity index (χ1n) is 4.47. The second-order valence-corrected chi connectivity index (χ2v) is 3.57. The van der Waals surface area contributed by atoms with Crippen molar-refractivity contribution in [2.75, 3.05) is 6.54 Å². The van der Waals surface area contributed by atoms with E-state index in [-0.39, 0.29) is 0 Å². The van der Waals surface area contributed by atoms with Crippen LogP contribution in [-0.2, 0) is 0 Å². The van der Waals surface area contributed by atoms with Gasteiger partial charge in [0.05, 0.1) is 5.71 Å². The topological polar surface area (TPSA) is 24.4 Å². The summed E-state index contributed by atoms with van der Waals surface area (Å²) in [5, 5.41) is 4.16. The molecular formula is C10H20N2. The average Bonchev–Trinajstić information content (AvgIpc) is 1.97. The van der Waals surface area contributed by atoms with Crippen LogP contribution < -0.4 is 5.43 Å². The molecule has 0 atom stereocenters. The molecule has 0 bridgehead atoms. The minimum absolute atomic E-state index is 0.734. The van der Waals surface area contributed by atoms with Crippen LogP contribution in [0.3, 0.4) is 0 Å². The highest BCUT2D eigenvalue weighted by molar-refractivity contribution is 5.96. The lowest BCUT2D eigenvalue weighted by Gasteiger charge is -2.04. The summed E-state index contributed by atoms with van der Waals surface area (Å²) in [7, 11) is 0. The zero-order chi connectivity index (χ0) is 9.56. The Morgan fingerprint density at radius 1 is 1.42 bits per heavy atom. The highest BCUT2D eigenvalue weighted by Gasteiger charge is 1.92. The summed E-state index contributed by atoms with van der Waals surface area (Å²) in [6, 6.07) is 0. The number of nitrogens with one attached hydrogen (secondary N) is 1. The Kier molecular flexibility index (Phi) is 5.43. The third-order valence-electron chi connectivity index (χ3n) is 1.70. The number of hydrazone groups is 1. The van der Waals surface area contributed by atoms with Crippen molar-refractivity contribution in [3.8, 4) is 0 Å². The fourth-order valence-electron chi connectivity index (χ4n) is 0.623. The molecule has 2 heteroatoms. The van der Waals surface area contributed by atoms with Gasteiger partial charge in [0.25, 0.3) is 0 Å². The van der Waals surface area contributed by atoms with Crippen LogP contribution in [0.5, 0.6) is 0 Å². The Bertz CT molecular complexity index is 169. The Balaban J connectivity index is 3.54. The van der Waals surface area contributed by atoms with E-state index in [4.69, 9.17) is 0 Å². The molecule has 0 aliphatic heterocycles. The number of allylic oxidation sites excluding steroid dienone is 1. The molecule has 0 aromatic carbocycles. The molecule has 70 valence electrons. The van der Waals surface area contributed by atoms with Crippen LogP contribution >= 0.6 is 0 Å². The first-order chi connectivity index (χ1) is 5.54. The fourth-order valence-corrected chi connectivity index (χ4v) is 0.623. The largest absolute Gasteiger partial charge is 0.310 e. The summed E-state index contributed by atoms with van der Waals surface area (Å²) >= 11 is 0. The molecule has 0 aromatic heterocycles. The van der Waals surface area contributed by atoms with Crippen molar-refractivity contribution in [2.24, 2.45) is 11.0 Å². The van der Waals surface area contributed by atoms with Gasteiger partial charge in [0.15, 0.2) is 0 Å². The van der Waals surface area contributed by atoms with Crippen LogP contribution in [0.4, 0.5) is 0 Å². The molecule has 0 rings (SSSR count). The molecule has 0 spiro atoms. The fraction of sp³-hybridized carbons (Fsp3) is 0.700. The van der Waals surface area contributed by atoms with Gasteiger partial charge in [-0.05, 0) is 31.8 Å². The third kappa shape index (κ3) is 5.96. The second kappa shape index (κ2) is 5.81. The van der Waals surface area contributed by atoms with Gasteiger partial charge in [-0.15, -0.1) is 0 Å². The Hall–Kier alpha value is -0.790. The van der Waals surface area contributed by atoms with Gasteiger partial charge in [-0.3, -0.25) is 0 Å². The third-order valence-corrected chi connectivity index (χ3v) is 1.70. The summed E-state index contributed by atoms with van der Waals surface area (Å²) in [6.45, 7) is 13.1. The van der Waals surface area contributed by atoms with Crippen molar-refractivity contribution in [2.45, 2.75) is 34.1 Å². The van der Waals surface area contributed by atoms with Gasteiger partial charge in [0, 0.05) is 6.54 Å².